The van der Waals surface area contributed by atoms with E-state index in [1.54, 1.807) is 0 Å². The van der Waals surface area contributed by atoms with Crippen LogP contribution in [-0.2, 0) is 4.74 Å². The maximum Gasteiger partial charge on any atom is 0.361 e. The van der Waals surface area contributed by atoms with Crippen molar-refractivity contribution in [3.8, 4) is 5.69 Å². The summed E-state index contributed by atoms with van der Waals surface area (Å²) in [5.41, 5.74) is 0.739. The Morgan fingerprint density at radius 3 is 2.69 bits per heavy atom. The van der Waals surface area contributed by atoms with Crippen molar-refractivity contribution >= 4 is 17.6 Å². The molecule has 0 saturated carbocycles. The Morgan fingerprint density at radius 1 is 1.38 bits per heavy atom. The number of carbonyl (C=O) groups is 1. The average Bonchev–Trinajstić information content (AvgIpc) is 2.71. The Morgan fingerprint density at radius 2 is 2.06 bits per heavy atom. The first-order chi connectivity index (χ1) is 7.74. The number of esters is 1. The number of ether oxygens (including phenoxy) is 1. The molecule has 0 atom stereocenters. The minimum atomic E-state index is -0.604. The third-order valence-corrected chi connectivity index (χ3v) is 2.33. The van der Waals surface area contributed by atoms with Crippen molar-refractivity contribution < 1.29 is 9.53 Å². The third-order valence-electron chi connectivity index (χ3n) is 2.00. The molecule has 5 nitrogen and oxygen atoms in total. The van der Waals surface area contributed by atoms with E-state index in [0.717, 1.165) is 5.69 Å². The lowest BCUT2D eigenvalue weighted by Gasteiger charge is -2.00. The maximum absolute atomic E-state index is 11.3. The first-order valence-corrected chi connectivity index (χ1v) is 4.86. The molecule has 0 N–H and O–H groups in total. The number of rotatable bonds is 2. The fourth-order valence-electron chi connectivity index (χ4n) is 1.23. The van der Waals surface area contributed by atoms with Gasteiger partial charge in [-0.3, -0.25) is 0 Å². The van der Waals surface area contributed by atoms with Crippen molar-refractivity contribution in [2.45, 2.75) is 0 Å². The molecule has 0 amide bonds. The van der Waals surface area contributed by atoms with E-state index in [1.807, 2.05) is 30.3 Å². The van der Waals surface area contributed by atoms with Crippen LogP contribution in [0.2, 0.25) is 5.15 Å². The van der Waals surface area contributed by atoms with Crippen LogP contribution in [0.1, 0.15) is 10.5 Å². The molecule has 0 fully saturated rings. The van der Waals surface area contributed by atoms with Crippen LogP contribution in [0.3, 0.4) is 0 Å². The highest BCUT2D eigenvalue weighted by Gasteiger charge is 2.19. The third kappa shape index (κ3) is 1.77. The van der Waals surface area contributed by atoms with E-state index in [9.17, 15) is 4.79 Å². The molecule has 16 heavy (non-hydrogen) atoms. The zero-order chi connectivity index (χ0) is 11.5. The molecule has 1 aromatic carbocycles. The van der Waals surface area contributed by atoms with Gasteiger partial charge in [-0.15, -0.1) is 5.10 Å². The van der Waals surface area contributed by atoms with Gasteiger partial charge in [0.1, 0.15) is 0 Å². The highest BCUT2D eigenvalue weighted by atomic mass is 35.5. The van der Waals surface area contributed by atoms with Gasteiger partial charge < -0.3 is 4.74 Å². The van der Waals surface area contributed by atoms with Crippen LogP contribution in [0, 0.1) is 0 Å². The smallest absolute Gasteiger partial charge is 0.361 e. The number of nitrogens with zero attached hydrogens (tertiary/aromatic N) is 3. The van der Waals surface area contributed by atoms with E-state index in [-0.39, 0.29) is 10.8 Å². The zero-order valence-electron chi connectivity index (χ0n) is 8.42. The first kappa shape index (κ1) is 10.6. The van der Waals surface area contributed by atoms with Crippen LogP contribution in [-0.4, -0.2) is 28.1 Å². The van der Waals surface area contributed by atoms with Gasteiger partial charge >= 0.3 is 5.97 Å². The van der Waals surface area contributed by atoms with E-state index in [4.69, 9.17) is 11.6 Å². The molecule has 82 valence electrons. The summed E-state index contributed by atoms with van der Waals surface area (Å²) in [5, 5.41) is 7.60. The number of para-hydroxylation sites is 1. The van der Waals surface area contributed by atoms with Crippen molar-refractivity contribution in [3.63, 3.8) is 0 Å². The van der Waals surface area contributed by atoms with Gasteiger partial charge in [0.25, 0.3) is 0 Å². The van der Waals surface area contributed by atoms with Gasteiger partial charge in [-0.05, 0) is 12.1 Å². The second kappa shape index (κ2) is 4.32. The van der Waals surface area contributed by atoms with Gasteiger partial charge in [0.05, 0.1) is 12.8 Å². The topological polar surface area (TPSA) is 57.0 Å². The Balaban J connectivity index is 2.45. The van der Waals surface area contributed by atoms with Crippen LogP contribution in [0.5, 0.6) is 0 Å². The molecule has 1 heterocycles. The summed E-state index contributed by atoms with van der Waals surface area (Å²) in [5.74, 6) is -0.604. The lowest BCUT2D eigenvalue weighted by molar-refractivity contribution is 0.0594. The van der Waals surface area contributed by atoms with Crippen LogP contribution < -0.4 is 0 Å². The molecule has 0 unspecified atom stereocenters. The van der Waals surface area contributed by atoms with E-state index in [2.05, 4.69) is 15.0 Å². The summed E-state index contributed by atoms with van der Waals surface area (Å²) in [7, 11) is 1.26. The van der Waals surface area contributed by atoms with Crippen LogP contribution in [0.15, 0.2) is 30.3 Å². The molecule has 1 aromatic heterocycles. The van der Waals surface area contributed by atoms with Crippen LogP contribution in [0.4, 0.5) is 0 Å². The predicted molar refractivity (Wildman–Crippen MR) is 57.7 cm³/mol. The van der Waals surface area contributed by atoms with Crippen molar-refractivity contribution in [2.24, 2.45) is 0 Å². The average molecular weight is 238 g/mol. The minimum absolute atomic E-state index is 0.00743. The number of hydrogen-bond donors (Lipinski definition) is 0. The zero-order valence-corrected chi connectivity index (χ0v) is 9.18. The second-order valence-electron chi connectivity index (χ2n) is 2.97. The number of hydrogen-bond acceptors (Lipinski definition) is 4. The fraction of sp³-hybridized carbons (Fsp3) is 0.100. The maximum atomic E-state index is 11.3. The van der Waals surface area contributed by atoms with Crippen molar-refractivity contribution in [1.82, 2.24) is 15.0 Å². The fourth-order valence-corrected chi connectivity index (χ4v) is 1.47. The number of carbonyl (C=O) groups excluding carboxylic acids is 1. The lowest BCUT2D eigenvalue weighted by Crippen LogP contribution is -2.02. The molecule has 0 aliphatic heterocycles. The van der Waals surface area contributed by atoms with Gasteiger partial charge in [-0.1, -0.05) is 35.0 Å². The molecule has 0 spiro atoms. The van der Waals surface area contributed by atoms with Gasteiger partial charge in [0.15, 0.2) is 5.15 Å². The minimum Gasteiger partial charge on any atom is -0.464 e. The van der Waals surface area contributed by atoms with Crippen molar-refractivity contribution in [1.29, 1.82) is 0 Å². The monoisotopic (exact) mass is 237 g/mol. The highest BCUT2D eigenvalue weighted by molar-refractivity contribution is 6.32. The molecule has 0 aliphatic carbocycles. The number of benzene rings is 1. The van der Waals surface area contributed by atoms with Crippen LogP contribution >= 0.6 is 11.6 Å². The summed E-state index contributed by atoms with van der Waals surface area (Å²) in [6.07, 6.45) is 0. The molecular formula is C10H8ClN3O2. The number of halogens is 1. The largest absolute Gasteiger partial charge is 0.464 e. The van der Waals surface area contributed by atoms with Crippen LogP contribution in [0.25, 0.3) is 5.69 Å². The molecule has 0 bridgehead atoms. The highest BCUT2D eigenvalue weighted by Crippen LogP contribution is 2.18. The molecule has 6 heteroatoms. The van der Waals surface area contributed by atoms with Gasteiger partial charge in [-0.25, -0.2) is 9.48 Å². The SMILES string of the molecule is COC(=O)c1nnn(-c2ccccc2)c1Cl. The molecular weight excluding hydrogens is 230 g/mol. The van der Waals surface area contributed by atoms with E-state index >= 15 is 0 Å². The molecule has 0 radical (unpaired) electrons. The summed E-state index contributed by atoms with van der Waals surface area (Å²) >= 11 is 5.97. The van der Waals surface area contributed by atoms with Gasteiger partial charge in [-0.2, -0.15) is 0 Å². The number of methoxy groups -OCH3 is 1. The Labute approximate surface area is 96.6 Å². The Kier molecular flexibility index (Phi) is 2.87. The summed E-state index contributed by atoms with van der Waals surface area (Å²) in [6.45, 7) is 0. The summed E-state index contributed by atoms with van der Waals surface area (Å²) < 4.78 is 5.90. The molecule has 2 aromatic rings. The van der Waals surface area contributed by atoms with Crippen molar-refractivity contribution in [3.05, 3.63) is 41.2 Å². The molecule has 0 saturated heterocycles. The van der Waals surface area contributed by atoms with E-state index in [1.165, 1.54) is 11.8 Å². The van der Waals surface area contributed by atoms with Gasteiger partial charge in [0, 0.05) is 0 Å². The quantitative estimate of drug-likeness (QED) is 0.746. The standard InChI is InChI=1S/C10H8ClN3O2/c1-16-10(15)8-9(11)14(13-12-8)7-5-3-2-4-6-7/h2-6H,1H3. The second-order valence-corrected chi connectivity index (χ2v) is 3.33. The lowest BCUT2D eigenvalue weighted by atomic mass is 10.3. The molecule has 0 aliphatic rings. The Hall–Kier alpha value is -1.88. The van der Waals surface area contributed by atoms with Gasteiger partial charge in [0.2, 0.25) is 5.69 Å². The summed E-state index contributed by atoms with van der Waals surface area (Å²) in [6, 6.07) is 9.16. The first-order valence-electron chi connectivity index (χ1n) is 4.49. The predicted octanol–water partition coefficient (Wildman–Crippen LogP) is 1.71. The molecule has 2 rings (SSSR count). The summed E-state index contributed by atoms with van der Waals surface area (Å²) in [4.78, 5) is 11.3. The number of aromatic nitrogens is 3. The van der Waals surface area contributed by atoms with E-state index < -0.39 is 5.97 Å². The van der Waals surface area contributed by atoms with E-state index in [0.29, 0.717) is 0 Å². The normalized spacial score (nSPS) is 10.1. The Bertz CT molecular complexity index is 510. The van der Waals surface area contributed by atoms with Crippen molar-refractivity contribution in [2.75, 3.05) is 7.11 Å².